The lowest BCUT2D eigenvalue weighted by molar-refractivity contribution is -0.689. The van der Waals surface area contributed by atoms with Crippen molar-refractivity contribution in [3.8, 4) is 5.75 Å². The van der Waals surface area contributed by atoms with Gasteiger partial charge in [0.05, 0.1) is 0 Å². The molecule has 0 amide bonds. The minimum Gasteiger partial charge on any atom is -1.00 e. The number of pyridine rings is 1. The van der Waals surface area contributed by atoms with Crippen LogP contribution < -0.4 is 17.0 Å². The lowest BCUT2D eigenvalue weighted by Gasteiger charge is -1.94. The van der Waals surface area contributed by atoms with Gasteiger partial charge in [0.15, 0.2) is 18.5 Å². The SMILES string of the molecule is C=C(C)C[n+]1cccc(O)c1.[Cl-]. The van der Waals surface area contributed by atoms with Gasteiger partial charge in [0.25, 0.3) is 0 Å². The maximum Gasteiger partial charge on any atom is 0.211 e. The Morgan fingerprint density at radius 2 is 2.33 bits per heavy atom. The molecular formula is C9H12ClNO. The van der Waals surface area contributed by atoms with Crippen LogP contribution in [-0.2, 0) is 6.54 Å². The molecule has 0 aromatic carbocycles. The van der Waals surface area contributed by atoms with Gasteiger partial charge in [-0.15, -0.1) is 0 Å². The number of hydrogen-bond donors (Lipinski definition) is 1. The summed E-state index contributed by atoms with van der Waals surface area (Å²) in [6.07, 6.45) is 3.57. The molecule has 1 heterocycles. The van der Waals surface area contributed by atoms with Crippen LogP contribution in [0.4, 0.5) is 0 Å². The number of rotatable bonds is 2. The highest BCUT2D eigenvalue weighted by Crippen LogP contribution is 2.00. The largest absolute Gasteiger partial charge is 1.00 e. The highest BCUT2D eigenvalue weighted by Gasteiger charge is 1.99. The topological polar surface area (TPSA) is 24.1 Å². The Morgan fingerprint density at radius 3 is 2.83 bits per heavy atom. The Bertz CT molecular complexity index is 273. The summed E-state index contributed by atoms with van der Waals surface area (Å²) in [5.74, 6) is 0.286. The fourth-order valence-electron chi connectivity index (χ4n) is 0.918. The third kappa shape index (κ3) is 3.39. The van der Waals surface area contributed by atoms with E-state index in [-0.39, 0.29) is 18.2 Å². The van der Waals surface area contributed by atoms with E-state index in [4.69, 9.17) is 5.11 Å². The molecule has 0 unspecified atom stereocenters. The van der Waals surface area contributed by atoms with Gasteiger partial charge in [0.1, 0.15) is 0 Å². The van der Waals surface area contributed by atoms with E-state index in [1.54, 1.807) is 18.3 Å². The normalized spacial score (nSPS) is 8.75. The van der Waals surface area contributed by atoms with Gasteiger partial charge in [0.2, 0.25) is 6.20 Å². The van der Waals surface area contributed by atoms with Gasteiger partial charge in [-0.2, -0.15) is 4.57 Å². The number of aromatic hydroxyl groups is 1. The van der Waals surface area contributed by atoms with Crippen LogP contribution in [0.2, 0.25) is 0 Å². The number of halogens is 1. The van der Waals surface area contributed by atoms with Crippen LogP contribution in [0.3, 0.4) is 0 Å². The number of aromatic nitrogens is 1. The number of allylic oxidation sites excluding steroid dienone is 1. The summed E-state index contributed by atoms with van der Waals surface area (Å²) in [6, 6.07) is 3.45. The van der Waals surface area contributed by atoms with Gasteiger partial charge in [-0.25, -0.2) is 0 Å². The Morgan fingerprint density at radius 1 is 1.67 bits per heavy atom. The predicted molar refractivity (Wildman–Crippen MR) is 43.1 cm³/mol. The van der Waals surface area contributed by atoms with E-state index in [9.17, 15) is 0 Å². The first-order valence-corrected chi connectivity index (χ1v) is 3.51. The quantitative estimate of drug-likeness (QED) is 0.430. The van der Waals surface area contributed by atoms with E-state index in [0.29, 0.717) is 0 Å². The van der Waals surface area contributed by atoms with E-state index in [2.05, 4.69) is 6.58 Å². The van der Waals surface area contributed by atoms with Crippen molar-refractivity contribution in [3.63, 3.8) is 0 Å². The zero-order chi connectivity index (χ0) is 8.27. The molecule has 1 N–H and O–H groups in total. The summed E-state index contributed by atoms with van der Waals surface area (Å²) < 4.78 is 1.89. The summed E-state index contributed by atoms with van der Waals surface area (Å²) in [7, 11) is 0. The Labute approximate surface area is 78.6 Å². The Hall–Kier alpha value is -1.02. The molecule has 12 heavy (non-hydrogen) atoms. The fourth-order valence-corrected chi connectivity index (χ4v) is 0.918. The van der Waals surface area contributed by atoms with E-state index in [1.165, 1.54) is 0 Å². The standard InChI is InChI=1S/C9H11NO.ClH/c1-8(2)6-10-5-3-4-9(11)7-10;/h3-5,7H,1,6H2,2H3;1H. The molecule has 0 radical (unpaired) electrons. The van der Waals surface area contributed by atoms with Crippen molar-refractivity contribution < 1.29 is 22.1 Å². The zero-order valence-corrected chi connectivity index (χ0v) is 7.75. The average molecular weight is 186 g/mol. The second-order valence-electron chi connectivity index (χ2n) is 2.69. The Kier molecular flexibility index (Phi) is 4.37. The van der Waals surface area contributed by atoms with Crippen LogP contribution in [0, 0.1) is 0 Å². The lowest BCUT2D eigenvalue weighted by Crippen LogP contribution is -3.00. The molecule has 1 rings (SSSR count). The van der Waals surface area contributed by atoms with E-state index in [0.717, 1.165) is 12.1 Å². The molecule has 0 saturated carbocycles. The summed E-state index contributed by atoms with van der Waals surface area (Å²) in [6.45, 7) is 6.49. The highest BCUT2D eigenvalue weighted by molar-refractivity contribution is 5.09. The van der Waals surface area contributed by atoms with E-state index < -0.39 is 0 Å². The van der Waals surface area contributed by atoms with Crippen LogP contribution in [0.25, 0.3) is 0 Å². The minimum atomic E-state index is 0. The molecular weight excluding hydrogens is 174 g/mol. The molecule has 0 saturated heterocycles. The lowest BCUT2D eigenvalue weighted by atomic mass is 10.3. The third-order valence-corrected chi connectivity index (χ3v) is 1.30. The molecule has 0 spiro atoms. The molecule has 1 aromatic rings. The van der Waals surface area contributed by atoms with Crippen molar-refractivity contribution in [2.75, 3.05) is 0 Å². The van der Waals surface area contributed by atoms with E-state index >= 15 is 0 Å². The summed E-state index contributed by atoms with van der Waals surface area (Å²) >= 11 is 0. The Balaban J connectivity index is 0.00000121. The maximum atomic E-state index is 9.08. The van der Waals surface area contributed by atoms with Gasteiger partial charge in [0, 0.05) is 6.07 Å². The van der Waals surface area contributed by atoms with Crippen LogP contribution in [0.5, 0.6) is 5.75 Å². The number of nitrogens with zero attached hydrogens (tertiary/aromatic N) is 1. The van der Waals surface area contributed by atoms with Gasteiger partial charge < -0.3 is 17.5 Å². The molecule has 0 fully saturated rings. The number of hydrogen-bond acceptors (Lipinski definition) is 1. The summed E-state index contributed by atoms with van der Waals surface area (Å²) in [4.78, 5) is 0. The maximum absolute atomic E-state index is 9.08. The van der Waals surface area contributed by atoms with Crippen LogP contribution in [0.1, 0.15) is 6.92 Å². The van der Waals surface area contributed by atoms with E-state index in [1.807, 2.05) is 17.7 Å². The first-order chi connectivity index (χ1) is 5.18. The van der Waals surface area contributed by atoms with Crippen LogP contribution >= 0.6 is 0 Å². The monoisotopic (exact) mass is 185 g/mol. The first kappa shape index (κ1) is 11.0. The van der Waals surface area contributed by atoms with Crippen molar-refractivity contribution in [1.29, 1.82) is 0 Å². The van der Waals surface area contributed by atoms with Crippen LogP contribution in [-0.4, -0.2) is 5.11 Å². The predicted octanol–water partition coefficient (Wildman–Crippen LogP) is -1.74. The molecule has 3 heteroatoms. The van der Waals surface area contributed by atoms with Gasteiger partial charge >= 0.3 is 0 Å². The van der Waals surface area contributed by atoms with Crippen molar-refractivity contribution >= 4 is 0 Å². The molecule has 2 nitrogen and oxygen atoms in total. The minimum absolute atomic E-state index is 0. The molecule has 0 aliphatic rings. The second kappa shape index (κ2) is 4.78. The molecule has 0 aliphatic carbocycles. The zero-order valence-electron chi connectivity index (χ0n) is 7.00. The van der Waals surface area contributed by atoms with Crippen molar-refractivity contribution in [3.05, 3.63) is 36.7 Å². The molecule has 66 valence electrons. The van der Waals surface area contributed by atoms with Gasteiger partial charge in [-0.3, -0.25) is 0 Å². The van der Waals surface area contributed by atoms with Gasteiger partial charge in [-0.1, -0.05) is 6.58 Å². The molecule has 1 aromatic heterocycles. The van der Waals surface area contributed by atoms with Crippen molar-refractivity contribution in [1.82, 2.24) is 0 Å². The van der Waals surface area contributed by atoms with Gasteiger partial charge in [-0.05, 0) is 18.6 Å². The first-order valence-electron chi connectivity index (χ1n) is 3.51. The summed E-state index contributed by atoms with van der Waals surface area (Å²) in [5.41, 5.74) is 1.07. The van der Waals surface area contributed by atoms with Crippen molar-refractivity contribution in [2.45, 2.75) is 13.5 Å². The smallest absolute Gasteiger partial charge is 0.211 e. The highest BCUT2D eigenvalue weighted by atomic mass is 35.5. The van der Waals surface area contributed by atoms with Crippen molar-refractivity contribution in [2.24, 2.45) is 0 Å². The molecule has 0 atom stereocenters. The average Bonchev–Trinajstić information content (AvgIpc) is 1.85. The fraction of sp³-hybridized carbons (Fsp3) is 0.222. The summed E-state index contributed by atoms with van der Waals surface area (Å²) in [5, 5.41) is 9.08. The third-order valence-electron chi connectivity index (χ3n) is 1.30. The molecule has 0 bridgehead atoms. The second-order valence-corrected chi connectivity index (χ2v) is 2.69. The molecule has 0 aliphatic heterocycles. The van der Waals surface area contributed by atoms with Crippen LogP contribution in [0.15, 0.2) is 36.7 Å².